The molecule has 20 heteroatoms. The summed E-state index contributed by atoms with van der Waals surface area (Å²) in [7, 11) is -6.13. The van der Waals surface area contributed by atoms with Gasteiger partial charge in [0.15, 0.2) is 21.4 Å². The van der Waals surface area contributed by atoms with Crippen molar-refractivity contribution in [1.29, 1.82) is 0 Å². The summed E-state index contributed by atoms with van der Waals surface area (Å²) in [6.45, 7) is 4.52. The fourth-order valence-corrected chi connectivity index (χ4v) is 7.55. The number of rotatable bonds is 14. The van der Waals surface area contributed by atoms with Crippen molar-refractivity contribution < 1.29 is 26.3 Å². The van der Waals surface area contributed by atoms with Gasteiger partial charge in [0.2, 0.25) is 35.7 Å². The fourth-order valence-electron chi connectivity index (χ4n) is 6.34. The molecule has 4 aromatic carbocycles. The van der Waals surface area contributed by atoms with Gasteiger partial charge in [0.05, 0.1) is 36.2 Å². The van der Waals surface area contributed by atoms with Crippen LogP contribution in [0.3, 0.4) is 0 Å². The van der Waals surface area contributed by atoms with E-state index in [-0.39, 0.29) is 21.7 Å². The van der Waals surface area contributed by atoms with E-state index < -0.39 is 21.4 Å². The number of morpholine rings is 2. The normalized spacial score (nSPS) is 14.4. The zero-order valence-electron chi connectivity index (χ0n) is 32.0. The molecule has 308 valence electrons. The van der Waals surface area contributed by atoms with Gasteiger partial charge in [-0.15, -0.1) is 0 Å². The number of benzene rings is 4. The van der Waals surface area contributed by atoms with Crippen LogP contribution < -0.4 is 31.1 Å². The molecule has 2 aromatic heterocycles. The second kappa shape index (κ2) is 18.9. The van der Waals surface area contributed by atoms with Crippen LogP contribution in [0.4, 0.5) is 58.4 Å². The highest BCUT2D eigenvalue weighted by molar-refractivity contribution is 7.72. The lowest BCUT2D eigenvalue weighted by Gasteiger charge is -2.27. The first-order valence-electron chi connectivity index (χ1n) is 18.9. The Hall–Kier alpha value is -6.74. The number of ether oxygens (including phenoxy) is 2. The third kappa shape index (κ3) is 10.3. The number of hydrogen-bond acceptors (Lipinski definition) is 18. The summed E-state index contributed by atoms with van der Waals surface area (Å²) in [5.41, 5.74) is 3.10. The number of hydrogen-bond donors (Lipinski definition) is 6. The first-order valence-corrected chi connectivity index (χ1v) is 21.3. The van der Waals surface area contributed by atoms with Gasteiger partial charge >= 0.3 is 0 Å². The fraction of sp³-hybridized carbons (Fsp3) is 0.200. The maximum Gasteiger partial charge on any atom is 0.233 e. The molecule has 0 spiro atoms. The van der Waals surface area contributed by atoms with E-state index in [4.69, 9.17) is 9.47 Å². The van der Waals surface area contributed by atoms with E-state index >= 15 is 0 Å². The van der Waals surface area contributed by atoms with Crippen LogP contribution in [0, 0.1) is 0 Å². The third-order valence-corrected chi connectivity index (χ3v) is 10.9. The van der Waals surface area contributed by atoms with Gasteiger partial charge < -0.3 is 40.5 Å². The molecule has 4 heterocycles. The molecule has 0 unspecified atom stereocenters. The van der Waals surface area contributed by atoms with Crippen LogP contribution in [-0.2, 0) is 30.9 Å². The van der Waals surface area contributed by atoms with Gasteiger partial charge in [-0.25, -0.2) is 16.8 Å². The molecule has 0 atom stereocenters. The lowest BCUT2D eigenvalue weighted by Crippen LogP contribution is -2.37. The van der Waals surface area contributed by atoms with E-state index in [0.717, 1.165) is 11.4 Å². The van der Waals surface area contributed by atoms with E-state index in [9.17, 15) is 16.8 Å². The van der Waals surface area contributed by atoms with Gasteiger partial charge in [-0.1, -0.05) is 60.7 Å². The van der Waals surface area contributed by atoms with Crippen molar-refractivity contribution >= 4 is 92.0 Å². The summed E-state index contributed by atoms with van der Waals surface area (Å²) in [5.74, 6) is 1.90. The summed E-state index contributed by atoms with van der Waals surface area (Å²) in [6, 6.07) is 28.5. The molecular formula is C40H40N12O6S2. The summed E-state index contributed by atoms with van der Waals surface area (Å²) >= 11 is 0. The molecule has 0 saturated carbocycles. The van der Waals surface area contributed by atoms with Gasteiger partial charge in [-0.05, 0) is 59.7 Å². The first-order chi connectivity index (χ1) is 29.3. The Labute approximate surface area is 348 Å². The maximum atomic E-state index is 12.6. The molecule has 60 heavy (non-hydrogen) atoms. The average Bonchev–Trinajstić information content (AvgIpc) is 3.27. The maximum absolute atomic E-state index is 12.6. The summed E-state index contributed by atoms with van der Waals surface area (Å²) in [4.78, 5) is 31.6. The van der Waals surface area contributed by atoms with Gasteiger partial charge in [-0.3, -0.25) is 0 Å². The molecule has 2 fully saturated rings. The molecule has 6 aromatic rings. The van der Waals surface area contributed by atoms with Crippen LogP contribution in [0.1, 0.15) is 11.1 Å². The molecule has 18 nitrogen and oxygen atoms in total. The molecule has 0 bridgehead atoms. The van der Waals surface area contributed by atoms with Crippen molar-refractivity contribution in [1.82, 2.24) is 29.9 Å². The second-order valence-corrected chi connectivity index (χ2v) is 15.4. The largest absolute Gasteiger partial charge is 0.378 e. The lowest BCUT2D eigenvalue weighted by atomic mass is 10.1. The molecule has 0 radical (unpaired) electrons. The van der Waals surface area contributed by atoms with Crippen molar-refractivity contribution in [3.63, 3.8) is 0 Å². The SMILES string of the molecule is O=[SH](=O)c1cc(Nc2nc(Nc3ccccc3)nc(N3CCOCC3)n2)ccc1/C=C/c1ccc(Nc2nc(Nc3ccccc3)nc(N3CCOCC3)n2)cc1[SH](=O)=O. The van der Waals surface area contributed by atoms with Crippen molar-refractivity contribution in [2.24, 2.45) is 0 Å². The Morgan fingerprint density at radius 3 is 1.15 bits per heavy atom. The van der Waals surface area contributed by atoms with Crippen molar-refractivity contribution in [3.05, 3.63) is 108 Å². The summed E-state index contributed by atoms with van der Waals surface area (Å²) in [5, 5.41) is 12.7. The Kier molecular flexibility index (Phi) is 12.6. The molecule has 8 rings (SSSR count). The second-order valence-electron chi connectivity index (χ2n) is 13.4. The van der Waals surface area contributed by atoms with Crippen LogP contribution in [0.2, 0.25) is 0 Å². The monoisotopic (exact) mass is 848 g/mol. The first kappa shape index (κ1) is 40.1. The molecule has 4 N–H and O–H groups in total. The number of anilines is 10. The van der Waals surface area contributed by atoms with Crippen molar-refractivity contribution in [3.8, 4) is 0 Å². The molecule has 0 amide bonds. The van der Waals surface area contributed by atoms with Gasteiger partial charge in [0, 0.05) is 48.9 Å². The smallest absolute Gasteiger partial charge is 0.233 e. The zero-order chi connectivity index (χ0) is 41.3. The van der Waals surface area contributed by atoms with Gasteiger partial charge in [-0.2, -0.15) is 29.9 Å². The zero-order valence-corrected chi connectivity index (χ0v) is 33.8. The minimum absolute atomic E-state index is 0.00788. The lowest BCUT2D eigenvalue weighted by molar-refractivity contribution is 0.122. The number of para-hydroxylation sites is 2. The minimum atomic E-state index is -3.07. The average molecular weight is 849 g/mol. The van der Waals surface area contributed by atoms with E-state index in [1.807, 2.05) is 70.5 Å². The molecule has 2 aliphatic heterocycles. The minimum Gasteiger partial charge on any atom is -0.378 e. The predicted molar refractivity (Wildman–Crippen MR) is 231 cm³/mol. The standard InChI is InChI=1S/C40H40N12O6S2/c53-59(54)33-25-31(43-37-45-35(41-29-7-3-1-4-8-29)47-39(49-37)51-17-21-57-22-18-51)15-13-27(33)11-12-28-14-16-32(26-34(28)60(55)56)44-38-46-36(42-30-9-5-2-6-10-30)48-40(50-38)52-19-23-58-24-20-52/h1-16,25-26,59-60H,17-24H2,(H2,41,43,45,47,49)(H2,42,44,46,48,50)/b12-11+. The Morgan fingerprint density at radius 2 is 0.800 bits per heavy atom. The van der Waals surface area contributed by atoms with Crippen molar-refractivity contribution in [2.45, 2.75) is 9.79 Å². The quantitative estimate of drug-likeness (QED) is 0.0640. The Balaban J connectivity index is 1.03. The molecule has 2 aliphatic rings. The van der Waals surface area contributed by atoms with Crippen LogP contribution in [0.5, 0.6) is 0 Å². The summed E-state index contributed by atoms with van der Waals surface area (Å²) in [6.07, 6.45) is 3.11. The van der Waals surface area contributed by atoms with E-state index in [0.29, 0.717) is 98.9 Å². The van der Waals surface area contributed by atoms with Crippen LogP contribution >= 0.6 is 0 Å². The van der Waals surface area contributed by atoms with Gasteiger partial charge in [0.1, 0.15) is 0 Å². The molecule has 0 aliphatic carbocycles. The van der Waals surface area contributed by atoms with Crippen LogP contribution in [0.25, 0.3) is 12.2 Å². The topological polar surface area (TPSA) is 219 Å². The number of aromatic nitrogens is 6. The molecular weight excluding hydrogens is 809 g/mol. The van der Waals surface area contributed by atoms with Crippen LogP contribution in [0.15, 0.2) is 107 Å². The predicted octanol–water partition coefficient (Wildman–Crippen LogP) is 4.82. The highest BCUT2D eigenvalue weighted by Crippen LogP contribution is 2.27. The number of nitrogens with one attached hydrogen (secondary N) is 4. The van der Waals surface area contributed by atoms with E-state index in [2.05, 4.69) is 51.2 Å². The summed E-state index contributed by atoms with van der Waals surface area (Å²) < 4.78 is 61.3. The van der Waals surface area contributed by atoms with Gasteiger partial charge in [0.25, 0.3) is 0 Å². The van der Waals surface area contributed by atoms with Crippen LogP contribution in [-0.4, -0.2) is 99.3 Å². The Morgan fingerprint density at radius 1 is 0.450 bits per heavy atom. The third-order valence-electron chi connectivity index (χ3n) is 9.30. The van der Waals surface area contributed by atoms with Crippen molar-refractivity contribution in [2.75, 3.05) is 83.7 Å². The van der Waals surface area contributed by atoms with E-state index in [1.165, 1.54) is 12.1 Å². The Bertz CT molecular complexity index is 2440. The van der Waals surface area contributed by atoms with E-state index in [1.54, 1.807) is 36.4 Å². The highest BCUT2D eigenvalue weighted by atomic mass is 32.2. The molecule has 2 saturated heterocycles. The highest BCUT2D eigenvalue weighted by Gasteiger charge is 2.19. The number of thiol groups is 2. The number of nitrogens with zero attached hydrogens (tertiary/aromatic N) is 8.